The fourth-order valence-corrected chi connectivity index (χ4v) is 1.41. The average Bonchev–Trinajstić information content (AvgIpc) is 2.26. The summed E-state index contributed by atoms with van der Waals surface area (Å²) in [7, 11) is 0. The maximum absolute atomic E-state index is 9.00. The van der Waals surface area contributed by atoms with E-state index in [2.05, 4.69) is 13.0 Å². The number of carbonyl (C=O) groups is 1. The van der Waals surface area contributed by atoms with Gasteiger partial charge in [0.1, 0.15) is 0 Å². The van der Waals surface area contributed by atoms with Gasteiger partial charge in [0.15, 0.2) is 0 Å². The lowest BCUT2D eigenvalue weighted by atomic mass is 10.1. The highest BCUT2D eigenvalue weighted by molar-refractivity contribution is 5.62. The second-order valence-corrected chi connectivity index (χ2v) is 4.08. The van der Waals surface area contributed by atoms with Crippen molar-refractivity contribution < 1.29 is 15.0 Å². The summed E-state index contributed by atoms with van der Waals surface area (Å²) in [5.41, 5.74) is 0. The van der Waals surface area contributed by atoms with Crippen molar-refractivity contribution in [2.24, 2.45) is 0 Å². The van der Waals surface area contributed by atoms with Crippen LogP contribution in [0.1, 0.15) is 65.2 Å². The minimum Gasteiger partial charge on any atom is -0.481 e. The first-order chi connectivity index (χ1) is 8.15. The van der Waals surface area contributed by atoms with E-state index in [1.165, 1.54) is 44.9 Å². The van der Waals surface area contributed by atoms with Crippen LogP contribution in [0.15, 0.2) is 12.2 Å². The van der Waals surface area contributed by atoms with Crippen LogP contribution in [0.4, 0.5) is 0 Å². The molecule has 3 heteroatoms. The molecule has 0 spiro atoms. The molecule has 0 aromatic carbocycles. The van der Waals surface area contributed by atoms with Crippen LogP contribution < -0.4 is 0 Å². The van der Waals surface area contributed by atoms with Crippen molar-refractivity contribution in [2.75, 3.05) is 6.61 Å². The standard InChI is InChI=1S/C12H24O.C2H4O2/c1-2-3-4-5-6-7-8-9-10-11-12-13;1-2(3)4/h10-11,13H,2-9,12H2,1H3;1H3,(H,3,4). The van der Waals surface area contributed by atoms with Crippen molar-refractivity contribution in [2.45, 2.75) is 65.2 Å². The molecule has 0 aliphatic carbocycles. The van der Waals surface area contributed by atoms with E-state index in [0.29, 0.717) is 0 Å². The van der Waals surface area contributed by atoms with Gasteiger partial charge in [-0.05, 0) is 12.8 Å². The highest BCUT2D eigenvalue weighted by Gasteiger charge is 1.88. The van der Waals surface area contributed by atoms with Gasteiger partial charge in [-0.25, -0.2) is 0 Å². The zero-order valence-electron chi connectivity index (χ0n) is 11.3. The number of aliphatic carboxylic acids is 1. The number of hydrogen-bond acceptors (Lipinski definition) is 2. The second-order valence-electron chi connectivity index (χ2n) is 4.08. The van der Waals surface area contributed by atoms with E-state index in [0.717, 1.165) is 13.3 Å². The van der Waals surface area contributed by atoms with E-state index in [1.54, 1.807) is 0 Å². The lowest BCUT2D eigenvalue weighted by Crippen LogP contribution is -1.79. The summed E-state index contributed by atoms with van der Waals surface area (Å²) in [6.07, 6.45) is 14.6. The molecule has 0 aromatic rings. The van der Waals surface area contributed by atoms with Gasteiger partial charge in [0, 0.05) is 6.92 Å². The molecule has 0 heterocycles. The molecule has 0 saturated carbocycles. The maximum Gasteiger partial charge on any atom is 0.300 e. The molecule has 2 N–H and O–H groups in total. The molecule has 0 aliphatic rings. The smallest absolute Gasteiger partial charge is 0.300 e. The van der Waals surface area contributed by atoms with Crippen molar-refractivity contribution in [1.82, 2.24) is 0 Å². The van der Waals surface area contributed by atoms with E-state index in [-0.39, 0.29) is 6.61 Å². The fourth-order valence-electron chi connectivity index (χ4n) is 1.41. The molecule has 0 amide bonds. The fraction of sp³-hybridized carbons (Fsp3) is 0.786. The third-order valence-corrected chi connectivity index (χ3v) is 2.25. The molecule has 17 heavy (non-hydrogen) atoms. The molecule has 0 fully saturated rings. The number of carboxylic acids is 1. The molecular weight excluding hydrogens is 216 g/mol. The van der Waals surface area contributed by atoms with Gasteiger partial charge in [0.05, 0.1) is 6.61 Å². The second kappa shape index (κ2) is 17.6. The van der Waals surface area contributed by atoms with Crippen LogP contribution in [0.25, 0.3) is 0 Å². The number of hydrogen-bond donors (Lipinski definition) is 2. The Labute approximate surface area is 106 Å². The van der Waals surface area contributed by atoms with Gasteiger partial charge in [-0.3, -0.25) is 4.79 Å². The molecule has 0 aliphatic heterocycles. The van der Waals surface area contributed by atoms with E-state index in [9.17, 15) is 0 Å². The molecule has 0 saturated heterocycles. The lowest BCUT2D eigenvalue weighted by molar-refractivity contribution is -0.134. The minimum atomic E-state index is -0.833. The van der Waals surface area contributed by atoms with E-state index in [1.807, 2.05) is 6.08 Å². The van der Waals surface area contributed by atoms with Crippen LogP contribution in [-0.2, 0) is 4.79 Å². The average molecular weight is 244 g/mol. The Hall–Kier alpha value is -0.830. The monoisotopic (exact) mass is 244 g/mol. The van der Waals surface area contributed by atoms with E-state index in [4.69, 9.17) is 15.0 Å². The van der Waals surface area contributed by atoms with Crippen LogP contribution >= 0.6 is 0 Å². The highest BCUT2D eigenvalue weighted by Crippen LogP contribution is 2.08. The molecule has 0 aromatic heterocycles. The summed E-state index contributed by atoms with van der Waals surface area (Å²) in [4.78, 5) is 9.00. The summed E-state index contributed by atoms with van der Waals surface area (Å²) in [5.74, 6) is -0.833. The van der Waals surface area contributed by atoms with Gasteiger partial charge in [-0.15, -0.1) is 0 Å². The first-order valence-corrected chi connectivity index (χ1v) is 6.60. The number of unbranched alkanes of at least 4 members (excludes halogenated alkanes) is 7. The van der Waals surface area contributed by atoms with Crippen LogP contribution in [0.2, 0.25) is 0 Å². The summed E-state index contributed by atoms with van der Waals surface area (Å²) in [5, 5.41) is 15.9. The summed E-state index contributed by atoms with van der Waals surface area (Å²) in [6, 6.07) is 0. The first kappa shape index (κ1) is 18.5. The van der Waals surface area contributed by atoms with Gasteiger partial charge in [0.2, 0.25) is 0 Å². The Balaban J connectivity index is 0. The molecule has 0 radical (unpaired) electrons. The first-order valence-electron chi connectivity index (χ1n) is 6.60. The summed E-state index contributed by atoms with van der Waals surface area (Å²) >= 11 is 0. The third kappa shape index (κ3) is 31.3. The van der Waals surface area contributed by atoms with Crippen LogP contribution in [-0.4, -0.2) is 22.8 Å². The van der Waals surface area contributed by atoms with Gasteiger partial charge in [0.25, 0.3) is 5.97 Å². The minimum absolute atomic E-state index is 0.191. The summed E-state index contributed by atoms with van der Waals surface area (Å²) < 4.78 is 0. The topological polar surface area (TPSA) is 57.5 Å². The lowest BCUT2D eigenvalue weighted by Gasteiger charge is -1.98. The number of rotatable bonds is 9. The molecule has 102 valence electrons. The quantitative estimate of drug-likeness (QED) is 0.479. The Morgan fingerprint density at radius 3 is 1.94 bits per heavy atom. The van der Waals surface area contributed by atoms with Crippen molar-refractivity contribution in [3.63, 3.8) is 0 Å². The Morgan fingerprint density at radius 1 is 1.00 bits per heavy atom. The number of carboxylic acid groups (broad SMARTS) is 1. The zero-order valence-corrected chi connectivity index (χ0v) is 11.3. The third-order valence-electron chi connectivity index (χ3n) is 2.25. The van der Waals surface area contributed by atoms with Gasteiger partial charge >= 0.3 is 0 Å². The molecule has 0 atom stereocenters. The van der Waals surface area contributed by atoms with Crippen LogP contribution in [0.3, 0.4) is 0 Å². The predicted octanol–water partition coefficient (Wildman–Crippen LogP) is 3.77. The molecule has 0 bridgehead atoms. The summed E-state index contributed by atoms with van der Waals surface area (Å²) in [6.45, 7) is 3.52. The Bertz CT molecular complexity index is 172. The Kier molecular flexibility index (Phi) is 19.1. The van der Waals surface area contributed by atoms with Crippen LogP contribution in [0, 0.1) is 0 Å². The van der Waals surface area contributed by atoms with E-state index < -0.39 is 5.97 Å². The van der Waals surface area contributed by atoms with Crippen molar-refractivity contribution in [1.29, 1.82) is 0 Å². The Morgan fingerprint density at radius 2 is 1.47 bits per heavy atom. The van der Waals surface area contributed by atoms with Crippen molar-refractivity contribution in [3.05, 3.63) is 12.2 Å². The number of allylic oxidation sites excluding steroid dienone is 1. The molecule has 0 rings (SSSR count). The van der Waals surface area contributed by atoms with E-state index >= 15 is 0 Å². The maximum atomic E-state index is 9.00. The van der Waals surface area contributed by atoms with Gasteiger partial charge < -0.3 is 10.2 Å². The SMILES string of the molecule is CC(=O)O.CCCCCCCCCC=CCO. The largest absolute Gasteiger partial charge is 0.481 e. The van der Waals surface area contributed by atoms with Gasteiger partial charge in [-0.1, -0.05) is 57.6 Å². The molecule has 0 unspecified atom stereocenters. The molecule has 3 nitrogen and oxygen atoms in total. The zero-order chi connectivity index (χ0) is 13.4. The number of aliphatic hydroxyl groups excluding tert-OH is 1. The highest BCUT2D eigenvalue weighted by atomic mass is 16.4. The van der Waals surface area contributed by atoms with Crippen molar-refractivity contribution >= 4 is 5.97 Å². The predicted molar refractivity (Wildman–Crippen MR) is 72.1 cm³/mol. The van der Waals surface area contributed by atoms with Gasteiger partial charge in [-0.2, -0.15) is 0 Å². The number of aliphatic hydroxyl groups is 1. The van der Waals surface area contributed by atoms with Crippen molar-refractivity contribution in [3.8, 4) is 0 Å². The molecular formula is C14H28O3. The van der Waals surface area contributed by atoms with Crippen LogP contribution in [0.5, 0.6) is 0 Å². The normalized spacial score (nSPS) is 10.1.